The van der Waals surface area contributed by atoms with Crippen molar-refractivity contribution < 1.29 is 19.1 Å². The molecule has 0 aliphatic carbocycles. The zero-order valence-electron chi connectivity index (χ0n) is 13.6. The lowest BCUT2D eigenvalue weighted by molar-refractivity contribution is -0.141. The molecule has 120 valence electrons. The highest BCUT2D eigenvalue weighted by Crippen LogP contribution is 2.29. The van der Waals surface area contributed by atoms with Gasteiger partial charge in [-0.25, -0.2) is 4.79 Å². The number of nitrogens with zero attached hydrogens (tertiary/aromatic N) is 1. The first-order valence-corrected chi connectivity index (χ1v) is 7.44. The molecule has 5 heteroatoms. The minimum absolute atomic E-state index is 0.188. The van der Waals surface area contributed by atoms with Gasteiger partial charge in [0.2, 0.25) is 0 Å². The molecule has 0 N–H and O–H groups in total. The molecule has 1 amide bonds. The summed E-state index contributed by atoms with van der Waals surface area (Å²) in [5.41, 5.74) is -0.484. The summed E-state index contributed by atoms with van der Waals surface area (Å²) in [5, 5.41) is 0. The Kier molecular flexibility index (Phi) is 6.24. The third-order valence-electron chi connectivity index (χ3n) is 3.71. The first kappa shape index (κ1) is 17.5. The SMILES string of the molecule is C=C[C@H]1CN(C(=O)OC(C)(C)C)CC[C@H]1CCC(=O)OC. The largest absolute Gasteiger partial charge is 0.469 e. The lowest BCUT2D eigenvalue weighted by Gasteiger charge is -2.37. The summed E-state index contributed by atoms with van der Waals surface area (Å²) in [6, 6.07) is 0. The van der Waals surface area contributed by atoms with E-state index in [2.05, 4.69) is 11.3 Å². The van der Waals surface area contributed by atoms with Crippen LogP contribution in [0.2, 0.25) is 0 Å². The van der Waals surface area contributed by atoms with Gasteiger partial charge in [-0.15, -0.1) is 6.58 Å². The van der Waals surface area contributed by atoms with Gasteiger partial charge in [0.25, 0.3) is 0 Å². The van der Waals surface area contributed by atoms with Gasteiger partial charge < -0.3 is 14.4 Å². The number of ether oxygens (including phenoxy) is 2. The Balaban J connectivity index is 2.54. The van der Waals surface area contributed by atoms with Crippen LogP contribution in [0.4, 0.5) is 4.79 Å². The molecule has 0 bridgehead atoms. The molecule has 5 nitrogen and oxygen atoms in total. The van der Waals surface area contributed by atoms with E-state index < -0.39 is 5.60 Å². The van der Waals surface area contributed by atoms with Crippen LogP contribution in [0.3, 0.4) is 0 Å². The van der Waals surface area contributed by atoms with Crippen molar-refractivity contribution in [2.45, 2.75) is 45.6 Å². The third-order valence-corrected chi connectivity index (χ3v) is 3.71. The number of carbonyl (C=O) groups excluding carboxylic acids is 2. The number of esters is 1. The van der Waals surface area contributed by atoms with E-state index in [-0.39, 0.29) is 18.0 Å². The number of hydrogen-bond donors (Lipinski definition) is 0. The van der Waals surface area contributed by atoms with Crippen LogP contribution in [0.5, 0.6) is 0 Å². The van der Waals surface area contributed by atoms with Crippen molar-refractivity contribution in [1.82, 2.24) is 4.90 Å². The van der Waals surface area contributed by atoms with Crippen molar-refractivity contribution in [3.63, 3.8) is 0 Å². The maximum Gasteiger partial charge on any atom is 0.410 e. The minimum Gasteiger partial charge on any atom is -0.469 e. The molecule has 1 rings (SSSR count). The Labute approximate surface area is 127 Å². The van der Waals surface area contributed by atoms with Gasteiger partial charge in [-0.05, 0) is 45.4 Å². The van der Waals surface area contributed by atoms with Gasteiger partial charge in [-0.3, -0.25) is 4.79 Å². The second-order valence-electron chi connectivity index (χ2n) is 6.49. The van der Waals surface area contributed by atoms with Crippen LogP contribution >= 0.6 is 0 Å². The van der Waals surface area contributed by atoms with Crippen LogP contribution in [-0.4, -0.2) is 42.8 Å². The van der Waals surface area contributed by atoms with E-state index in [9.17, 15) is 9.59 Å². The maximum absolute atomic E-state index is 12.1. The zero-order chi connectivity index (χ0) is 16.0. The molecule has 0 spiro atoms. The molecule has 0 saturated carbocycles. The van der Waals surface area contributed by atoms with Crippen LogP contribution in [0.25, 0.3) is 0 Å². The van der Waals surface area contributed by atoms with E-state index in [1.807, 2.05) is 26.8 Å². The van der Waals surface area contributed by atoms with Gasteiger partial charge in [0.05, 0.1) is 7.11 Å². The predicted octanol–water partition coefficient (Wildman–Crippen LogP) is 3.00. The van der Waals surface area contributed by atoms with Crippen molar-refractivity contribution in [2.24, 2.45) is 11.8 Å². The number of rotatable bonds is 4. The smallest absolute Gasteiger partial charge is 0.410 e. The number of carbonyl (C=O) groups is 2. The van der Waals surface area contributed by atoms with Gasteiger partial charge in [-0.1, -0.05) is 6.08 Å². The molecule has 2 atom stereocenters. The summed E-state index contributed by atoms with van der Waals surface area (Å²) in [7, 11) is 1.40. The average molecular weight is 297 g/mol. The second-order valence-corrected chi connectivity index (χ2v) is 6.49. The van der Waals surface area contributed by atoms with E-state index in [1.165, 1.54) is 7.11 Å². The van der Waals surface area contributed by atoms with Crippen LogP contribution in [-0.2, 0) is 14.3 Å². The van der Waals surface area contributed by atoms with Crippen molar-refractivity contribution in [1.29, 1.82) is 0 Å². The van der Waals surface area contributed by atoms with Gasteiger partial charge >= 0.3 is 12.1 Å². The molecule has 0 aromatic heterocycles. The van der Waals surface area contributed by atoms with Crippen molar-refractivity contribution >= 4 is 12.1 Å². The summed E-state index contributed by atoms with van der Waals surface area (Å²) in [6.07, 6.45) is 3.63. The van der Waals surface area contributed by atoms with Crippen LogP contribution < -0.4 is 0 Å². The fourth-order valence-corrected chi connectivity index (χ4v) is 2.55. The fraction of sp³-hybridized carbons (Fsp3) is 0.750. The maximum atomic E-state index is 12.1. The Hall–Kier alpha value is -1.52. The molecule has 0 aromatic carbocycles. The zero-order valence-corrected chi connectivity index (χ0v) is 13.6. The summed E-state index contributed by atoms with van der Waals surface area (Å²) in [5.74, 6) is 0.364. The standard InChI is InChI=1S/C16H27NO4/c1-6-12-11-17(15(19)21-16(2,3)4)10-9-13(12)7-8-14(18)20-5/h6,12-13H,1,7-11H2,2-5H3/t12-,13+/m0/s1. The fourth-order valence-electron chi connectivity index (χ4n) is 2.55. The molecule has 0 radical (unpaired) electrons. The quantitative estimate of drug-likeness (QED) is 0.591. The summed E-state index contributed by atoms with van der Waals surface area (Å²) in [6.45, 7) is 10.7. The molecule has 21 heavy (non-hydrogen) atoms. The van der Waals surface area contributed by atoms with E-state index in [4.69, 9.17) is 4.74 Å². The molecule has 0 unspecified atom stereocenters. The van der Waals surface area contributed by atoms with E-state index in [0.29, 0.717) is 25.4 Å². The van der Waals surface area contributed by atoms with Gasteiger partial charge in [-0.2, -0.15) is 0 Å². The number of piperidine rings is 1. The van der Waals surface area contributed by atoms with Crippen LogP contribution in [0.15, 0.2) is 12.7 Å². The van der Waals surface area contributed by atoms with Crippen LogP contribution in [0.1, 0.15) is 40.0 Å². The lowest BCUT2D eigenvalue weighted by Crippen LogP contribution is -2.45. The Morgan fingerprint density at radius 2 is 2.05 bits per heavy atom. The van der Waals surface area contributed by atoms with Crippen molar-refractivity contribution in [3.8, 4) is 0 Å². The summed E-state index contributed by atoms with van der Waals surface area (Å²) in [4.78, 5) is 25.1. The van der Waals surface area contributed by atoms with E-state index in [1.54, 1.807) is 4.90 Å². The average Bonchev–Trinajstić information content (AvgIpc) is 2.42. The lowest BCUT2D eigenvalue weighted by atomic mass is 9.82. The number of likely N-dealkylation sites (tertiary alicyclic amines) is 1. The third kappa shape index (κ3) is 5.78. The number of amides is 1. The first-order valence-electron chi connectivity index (χ1n) is 7.44. The monoisotopic (exact) mass is 297 g/mol. The van der Waals surface area contributed by atoms with E-state index in [0.717, 1.165) is 12.8 Å². The second kappa shape index (κ2) is 7.48. The highest BCUT2D eigenvalue weighted by molar-refractivity contribution is 5.69. The summed E-state index contributed by atoms with van der Waals surface area (Å²) >= 11 is 0. The molecule has 1 saturated heterocycles. The molecule has 0 aromatic rings. The molecular weight excluding hydrogens is 270 g/mol. The van der Waals surface area contributed by atoms with Crippen LogP contribution in [0, 0.1) is 11.8 Å². The molecule has 1 aliphatic rings. The molecule has 1 fully saturated rings. The number of hydrogen-bond acceptors (Lipinski definition) is 4. The molecule has 1 aliphatic heterocycles. The molecular formula is C16H27NO4. The highest BCUT2D eigenvalue weighted by atomic mass is 16.6. The van der Waals surface area contributed by atoms with Crippen molar-refractivity contribution in [3.05, 3.63) is 12.7 Å². The first-order chi connectivity index (χ1) is 9.76. The Morgan fingerprint density at radius 1 is 1.38 bits per heavy atom. The Morgan fingerprint density at radius 3 is 2.57 bits per heavy atom. The van der Waals surface area contributed by atoms with Gasteiger partial charge in [0, 0.05) is 19.5 Å². The minimum atomic E-state index is -0.484. The van der Waals surface area contributed by atoms with E-state index >= 15 is 0 Å². The van der Waals surface area contributed by atoms with Gasteiger partial charge in [0.1, 0.15) is 5.60 Å². The van der Waals surface area contributed by atoms with Crippen molar-refractivity contribution in [2.75, 3.05) is 20.2 Å². The molecule has 1 heterocycles. The highest BCUT2D eigenvalue weighted by Gasteiger charge is 2.32. The topological polar surface area (TPSA) is 55.8 Å². The normalized spacial score (nSPS) is 22.6. The Bertz CT molecular complexity index is 386. The number of methoxy groups -OCH3 is 1. The predicted molar refractivity (Wildman–Crippen MR) is 80.9 cm³/mol. The van der Waals surface area contributed by atoms with Gasteiger partial charge in [0.15, 0.2) is 0 Å². The summed E-state index contributed by atoms with van der Waals surface area (Å²) < 4.78 is 10.1.